The molecular weight excluding hydrogens is 409 g/mol. The van der Waals surface area contributed by atoms with Crippen molar-refractivity contribution < 1.29 is 14.4 Å². The Balaban J connectivity index is 0.00000182. The van der Waals surface area contributed by atoms with Gasteiger partial charge in [0, 0.05) is 29.6 Å². The van der Waals surface area contributed by atoms with Crippen molar-refractivity contribution in [3.05, 3.63) is 51.2 Å². The second kappa shape index (κ2) is 9.96. The van der Waals surface area contributed by atoms with Crippen molar-refractivity contribution in [3.63, 3.8) is 0 Å². The number of likely N-dealkylation sites (N-methyl/N-ethyl adjacent to an activating group) is 1. The van der Waals surface area contributed by atoms with E-state index in [-0.39, 0.29) is 48.8 Å². The van der Waals surface area contributed by atoms with Crippen LogP contribution in [0.2, 0.25) is 0 Å². The summed E-state index contributed by atoms with van der Waals surface area (Å²) in [6, 6.07) is 6.77. The Morgan fingerprint density at radius 2 is 1.70 bits per heavy atom. The molecule has 0 saturated carbocycles. The number of carbonyl (C=O) groups excluding carboxylic acids is 3. The van der Waals surface area contributed by atoms with E-state index in [4.69, 9.17) is 0 Å². The van der Waals surface area contributed by atoms with Gasteiger partial charge in [-0.05, 0) is 14.1 Å². The van der Waals surface area contributed by atoms with Gasteiger partial charge in [-0.25, -0.2) is 0 Å². The van der Waals surface area contributed by atoms with Gasteiger partial charge in [0.1, 0.15) is 0 Å². The van der Waals surface area contributed by atoms with Crippen LogP contribution < -0.4 is 10.6 Å². The zero-order chi connectivity index (χ0) is 18.0. The van der Waals surface area contributed by atoms with Gasteiger partial charge in [-0.1, -0.05) is 24.3 Å². The van der Waals surface area contributed by atoms with Gasteiger partial charge in [0.2, 0.25) is 11.7 Å². The Hall–Kier alpha value is -1.77. The number of fused-ring (bicyclic) bond motifs is 2. The number of benzene rings is 1. The van der Waals surface area contributed by atoms with Crippen molar-refractivity contribution in [1.29, 1.82) is 0 Å². The van der Waals surface area contributed by atoms with Gasteiger partial charge in [0.25, 0.3) is 0 Å². The van der Waals surface area contributed by atoms with Gasteiger partial charge in [-0.15, -0.1) is 36.2 Å². The van der Waals surface area contributed by atoms with Crippen molar-refractivity contribution in [2.24, 2.45) is 0 Å². The lowest BCUT2D eigenvalue weighted by molar-refractivity contribution is -0.115. The molecule has 1 aliphatic rings. The van der Waals surface area contributed by atoms with Crippen LogP contribution >= 0.6 is 36.2 Å². The zero-order valence-corrected chi connectivity index (χ0v) is 17.4. The highest BCUT2D eigenvalue weighted by atomic mass is 35.5. The maximum Gasteiger partial charge on any atom is 0.238 e. The Morgan fingerprint density at radius 1 is 1.07 bits per heavy atom. The Labute approximate surface area is 174 Å². The van der Waals surface area contributed by atoms with E-state index in [0.29, 0.717) is 33.8 Å². The first-order valence-corrected chi connectivity index (χ1v) is 8.82. The molecular formula is C18H21Cl2N3O3S. The van der Waals surface area contributed by atoms with Crippen LogP contribution in [0.5, 0.6) is 0 Å². The molecule has 1 heterocycles. The molecule has 0 saturated heterocycles. The van der Waals surface area contributed by atoms with E-state index in [9.17, 15) is 14.4 Å². The number of hydrogen-bond acceptors (Lipinski definition) is 6. The first-order chi connectivity index (χ1) is 12.0. The summed E-state index contributed by atoms with van der Waals surface area (Å²) in [5.74, 6) is -0.624. The molecule has 0 atom stereocenters. The monoisotopic (exact) mass is 429 g/mol. The van der Waals surface area contributed by atoms with E-state index < -0.39 is 0 Å². The summed E-state index contributed by atoms with van der Waals surface area (Å²) >= 11 is 1.19. The average molecular weight is 430 g/mol. The molecule has 1 aromatic carbocycles. The standard InChI is InChI=1S/C18H19N3O3S.2ClH/c1-21(2)8-7-19-9-14(22)20-13-10-25-18-15(13)16(23)11-5-3-4-6-12(11)17(18)24;;/h3-6,10,19H,7-9H2,1-2H3,(H,20,22);2*1H. The minimum absolute atomic E-state index is 0. The smallest absolute Gasteiger partial charge is 0.238 e. The summed E-state index contributed by atoms with van der Waals surface area (Å²) in [5, 5.41) is 7.44. The van der Waals surface area contributed by atoms with Crippen molar-refractivity contribution in [2.45, 2.75) is 0 Å². The summed E-state index contributed by atoms with van der Waals surface area (Å²) in [6.45, 7) is 1.66. The molecule has 146 valence electrons. The molecule has 1 aliphatic carbocycles. The summed E-state index contributed by atoms with van der Waals surface area (Å²) in [6.07, 6.45) is 0. The van der Waals surface area contributed by atoms with Gasteiger partial charge in [-0.3, -0.25) is 14.4 Å². The van der Waals surface area contributed by atoms with Crippen LogP contribution in [-0.2, 0) is 4.79 Å². The zero-order valence-electron chi connectivity index (χ0n) is 14.9. The minimum Gasteiger partial charge on any atom is -0.324 e. The molecule has 6 nitrogen and oxygen atoms in total. The van der Waals surface area contributed by atoms with E-state index in [0.717, 1.165) is 6.54 Å². The number of thiophene rings is 1. The second-order valence-corrected chi connectivity index (χ2v) is 6.97. The maximum atomic E-state index is 12.7. The molecule has 1 aromatic heterocycles. The molecule has 3 rings (SSSR count). The quantitative estimate of drug-likeness (QED) is 0.588. The number of nitrogens with zero attached hydrogens (tertiary/aromatic N) is 1. The highest BCUT2D eigenvalue weighted by Crippen LogP contribution is 2.36. The summed E-state index contributed by atoms with van der Waals surface area (Å²) in [7, 11) is 3.92. The Morgan fingerprint density at radius 3 is 2.33 bits per heavy atom. The van der Waals surface area contributed by atoms with Gasteiger partial charge in [0.15, 0.2) is 5.78 Å². The number of nitrogens with one attached hydrogen (secondary N) is 2. The van der Waals surface area contributed by atoms with Crippen molar-refractivity contribution in [3.8, 4) is 0 Å². The summed E-state index contributed by atoms with van der Waals surface area (Å²) in [4.78, 5) is 39.8. The lowest BCUT2D eigenvalue weighted by atomic mass is 9.88. The van der Waals surface area contributed by atoms with E-state index >= 15 is 0 Å². The van der Waals surface area contributed by atoms with Crippen LogP contribution in [0.1, 0.15) is 31.2 Å². The topological polar surface area (TPSA) is 78.5 Å². The lowest BCUT2D eigenvalue weighted by Gasteiger charge is -2.15. The third-order valence-electron chi connectivity index (χ3n) is 3.94. The summed E-state index contributed by atoms with van der Waals surface area (Å²) < 4.78 is 0. The predicted molar refractivity (Wildman–Crippen MR) is 112 cm³/mol. The molecule has 0 fully saturated rings. The lowest BCUT2D eigenvalue weighted by Crippen LogP contribution is -2.33. The van der Waals surface area contributed by atoms with Gasteiger partial charge < -0.3 is 15.5 Å². The number of ketones is 2. The fourth-order valence-corrected chi connectivity index (χ4v) is 3.63. The number of hydrogen-bond donors (Lipinski definition) is 2. The molecule has 0 unspecified atom stereocenters. The van der Waals surface area contributed by atoms with Crippen LogP contribution in [0.15, 0.2) is 29.6 Å². The molecule has 0 spiro atoms. The van der Waals surface area contributed by atoms with E-state index in [2.05, 4.69) is 10.6 Å². The largest absolute Gasteiger partial charge is 0.324 e. The van der Waals surface area contributed by atoms with Crippen molar-refractivity contribution in [1.82, 2.24) is 10.2 Å². The highest BCUT2D eigenvalue weighted by Gasteiger charge is 2.33. The number of rotatable bonds is 6. The van der Waals surface area contributed by atoms with Gasteiger partial charge >= 0.3 is 0 Å². The number of halogens is 2. The van der Waals surface area contributed by atoms with Crippen molar-refractivity contribution in [2.75, 3.05) is 39.0 Å². The van der Waals surface area contributed by atoms with Gasteiger partial charge in [-0.2, -0.15) is 0 Å². The SMILES string of the molecule is CN(C)CCNCC(=O)Nc1csc2c1C(=O)c1ccccc1C2=O.Cl.Cl. The molecule has 0 bridgehead atoms. The first kappa shape index (κ1) is 23.3. The van der Waals surface area contributed by atoms with Crippen LogP contribution in [0.4, 0.5) is 5.69 Å². The molecule has 2 aromatic rings. The normalized spacial score (nSPS) is 12.0. The molecule has 0 radical (unpaired) electrons. The molecule has 1 amide bonds. The third kappa shape index (κ3) is 4.94. The Kier molecular flexibility index (Phi) is 8.59. The minimum atomic E-state index is -0.238. The van der Waals surface area contributed by atoms with Gasteiger partial charge in [0.05, 0.1) is 22.7 Å². The fourth-order valence-electron chi connectivity index (χ4n) is 2.68. The third-order valence-corrected chi connectivity index (χ3v) is 4.91. The molecule has 27 heavy (non-hydrogen) atoms. The van der Waals surface area contributed by atoms with Crippen LogP contribution in [0.25, 0.3) is 0 Å². The van der Waals surface area contributed by atoms with Crippen molar-refractivity contribution >= 4 is 59.3 Å². The van der Waals surface area contributed by atoms with Crippen LogP contribution in [0.3, 0.4) is 0 Å². The number of anilines is 1. The predicted octanol–water partition coefficient (Wildman–Crippen LogP) is 2.46. The van der Waals surface area contributed by atoms with Crippen LogP contribution in [0, 0.1) is 0 Å². The summed E-state index contributed by atoms with van der Waals surface area (Å²) in [5.41, 5.74) is 1.52. The second-order valence-electron chi connectivity index (χ2n) is 6.09. The first-order valence-electron chi connectivity index (χ1n) is 7.94. The van der Waals surface area contributed by atoms with E-state index in [1.165, 1.54) is 11.3 Å². The Bertz CT molecular complexity index is 852. The highest BCUT2D eigenvalue weighted by molar-refractivity contribution is 7.13. The molecule has 9 heteroatoms. The van der Waals surface area contributed by atoms with E-state index in [1.54, 1.807) is 29.6 Å². The average Bonchev–Trinajstić information content (AvgIpc) is 3.00. The van der Waals surface area contributed by atoms with E-state index in [1.807, 2.05) is 19.0 Å². The van der Waals surface area contributed by atoms with Crippen LogP contribution in [-0.4, -0.2) is 56.1 Å². The maximum absolute atomic E-state index is 12.7. The molecule has 2 N–H and O–H groups in total. The fraction of sp³-hybridized carbons (Fsp3) is 0.278. The molecule has 0 aliphatic heterocycles. The number of amides is 1. The number of carbonyl (C=O) groups is 3.